The number of hydrogen-bond acceptors (Lipinski definition) is 2. The first-order valence-electron chi connectivity index (χ1n) is 8.44. The molecule has 5 nitrogen and oxygen atoms in total. The molecule has 0 bridgehead atoms. The van der Waals surface area contributed by atoms with Crippen molar-refractivity contribution in [2.75, 3.05) is 26.0 Å². The summed E-state index contributed by atoms with van der Waals surface area (Å²) in [4.78, 5) is 28.2. The van der Waals surface area contributed by atoms with E-state index in [0.717, 1.165) is 6.42 Å². The highest BCUT2D eigenvalue weighted by Gasteiger charge is 2.28. The number of carbonyl (C=O) groups excluding carboxylic acids is 2. The standard InChI is InChI=1S/C20H23N3O2/c1-14-18-10-5-4-7-15(18)11-12-23(14)19(24)16-8-6-9-17(13-16)21-20(25)22(2)3/h4-10,13-14H,11-12H2,1-3H3,(H,21,25)/t14-/m0/s1. The van der Waals surface area contributed by atoms with Crippen molar-refractivity contribution in [2.45, 2.75) is 19.4 Å². The van der Waals surface area contributed by atoms with Gasteiger partial charge in [-0.15, -0.1) is 0 Å². The van der Waals surface area contributed by atoms with Gasteiger partial charge in [0.2, 0.25) is 0 Å². The van der Waals surface area contributed by atoms with Crippen LogP contribution in [0.15, 0.2) is 48.5 Å². The Hall–Kier alpha value is -2.82. The Morgan fingerprint density at radius 1 is 1.12 bits per heavy atom. The van der Waals surface area contributed by atoms with Crippen LogP contribution in [0.5, 0.6) is 0 Å². The van der Waals surface area contributed by atoms with Crippen molar-refractivity contribution in [3.63, 3.8) is 0 Å². The van der Waals surface area contributed by atoms with E-state index in [9.17, 15) is 9.59 Å². The fourth-order valence-electron chi connectivity index (χ4n) is 3.18. The summed E-state index contributed by atoms with van der Waals surface area (Å²) in [5.74, 6) is -0.0112. The molecule has 2 aromatic carbocycles. The Labute approximate surface area is 148 Å². The van der Waals surface area contributed by atoms with Gasteiger partial charge in [0, 0.05) is 31.9 Å². The maximum Gasteiger partial charge on any atom is 0.321 e. The number of amides is 3. The molecule has 0 spiro atoms. The first kappa shape index (κ1) is 17.0. The summed E-state index contributed by atoms with van der Waals surface area (Å²) in [6.07, 6.45) is 0.864. The Bertz CT molecular complexity index is 801. The lowest BCUT2D eigenvalue weighted by Gasteiger charge is -2.35. The highest BCUT2D eigenvalue weighted by molar-refractivity contribution is 5.97. The van der Waals surface area contributed by atoms with Crippen molar-refractivity contribution >= 4 is 17.6 Å². The minimum atomic E-state index is -0.218. The van der Waals surface area contributed by atoms with Crippen LogP contribution in [0.4, 0.5) is 10.5 Å². The molecule has 0 unspecified atom stereocenters. The molecule has 1 aliphatic heterocycles. The van der Waals surface area contributed by atoms with Gasteiger partial charge in [0.1, 0.15) is 0 Å². The van der Waals surface area contributed by atoms with Gasteiger partial charge in [0.15, 0.2) is 0 Å². The number of anilines is 1. The van der Waals surface area contributed by atoms with Crippen molar-refractivity contribution in [1.29, 1.82) is 0 Å². The number of nitrogens with zero attached hydrogens (tertiary/aromatic N) is 2. The van der Waals surface area contributed by atoms with Crippen LogP contribution in [0.2, 0.25) is 0 Å². The zero-order chi connectivity index (χ0) is 18.0. The highest BCUT2D eigenvalue weighted by Crippen LogP contribution is 2.30. The molecule has 130 valence electrons. The molecular formula is C20H23N3O2. The number of fused-ring (bicyclic) bond motifs is 1. The molecule has 0 aliphatic carbocycles. The first-order valence-corrected chi connectivity index (χ1v) is 8.44. The molecule has 0 radical (unpaired) electrons. The molecule has 25 heavy (non-hydrogen) atoms. The number of nitrogens with one attached hydrogen (secondary N) is 1. The van der Waals surface area contributed by atoms with Crippen molar-refractivity contribution in [1.82, 2.24) is 9.80 Å². The zero-order valence-corrected chi connectivity index (χ0v) is 14.8. The van der Waals surface area contributed by atoms with E-state index in [4.69, 9.17) is 0 Å². The quantitative estimate of drug-likeness (QED) is 0.911. The molecule has 5 heteroatoms. The third kappa shape index (κ3) is 3.50. The van der Waals surface area contributed by atoms with Gasteiger partial charge in [-0.25, -0.2) is 4.79 Å². The third-order valence-corrected chi connectivity index (χ3v) is 4.62. The second-order valence-corrected chi connectivity index (χ2v) is 6.53. The summed E-state index contributed by atoms with van der Waals surface area (Å²) in [6.45, 7) is 2.76. The summed E-state index contributed by atoms with van der Waals surface area (Å²) in [5.41, 5.74) is 3.72. The molecule has 1 aliphatic rings. The van der Waals surface area contributed by atoms with Gasteiger partial charge in [-0.1, -0.05) is 30.3 Å². The summed E-state index contributed by atoms with van der Waals surface area (Å²) in [6, 6.07) is 15.2. The molecule has 0 saturated carbocycles. The minimum Gasteiger partial charge on any atom is -0.332 e. The van der Waals surface area contributed by atoms with Crippen LogP contribution in [0.1, 0.15) is 34.5 Å². The predicted molar refractivity (Wildman–Crippen MR) is 98.7 cm³/mol. The smallest absolute Gasteiger partial charge is 0.321 e. The topological polar surface area (TPSA) is 52.7 Å². The van der Waals surface area contributed by atoms with Gasteiger partial charge in [-0.3, -0.25) is 4.79 Å². The molecule has 3 rings (SSSR count). The van der Waals surface area contributed by atoms with Gasteiger partial charge in [-0.2, -0.15) is 0 Å². The normalized spacial score (nSPS) is 16.1. The van der Waals surface area contributed by atoms with Gasteiger partial charge in [0.25, 0.3) is 5.91 Å². The summed E-state index contributed by atoms with van der Waals surface area (Å²) >= 11 is 0. The largest absolute Gasteiger partial charge is 0.332 e. The molecule has 2 aromatic rings. The van der Waals surface area contributed by atoms with E-state index in [-0.39, 0.29) is 18.0 Å². The second-order valence-electron chi connectivity index (χ2n) is 6.53. The van der Waals surface area contributed by atoms with E-state index < -0.39 is 0 Å². The molecule has 1 N–H and O–H groups in total. The third-order valence-electron chi connectivity index (χ3n) is 4.62. The van der Waals surface area contributed by atoms with E-state index in [1.54, 1.807) is 38.4 Å². The summed E-state index contributed by atoms with van der Waals surface area (Å²) in [7, 11) is 3.36. The lowest BCUT2D eigenvalue weighted by atomic mass is 9.93. The number of urea groups is 1. The van der Waals surface area contributed by atoms with Crippen molar-refractivity contribution in [2.24, 2.45) is 0 Å². The van der Waals surface area contributed by atoms with Gasteiger partial charge in [0.05, 0.1) is 6.04 Å². The molecule has 0 aromatic heterocycles. The SMILES string of the molecule is C[C@H]1c2ccccc2CCN1C(=O)c1cccc(NC(=O)N(C)C)c1. The Balaban J connectivity index is 1.81. The van der Waals surface area contributed by atoms with E-state index >= 15 is 0 Å². The van der Waals surface area contributed by atoms with Crippen molar-refractivity contribution in [3.8, 4) is 0 Å². The van der Waals surface area contributed by atoms with Crippen molar-refractivity contribution < 1.29 is 9.59 Å². The minimum absolute atomic E-state index is 0.0112. The Morgan fingerprint density at radius 3 is 2.64 bits per heavy atom. The van der Waals surface area contributed by atoms with E-state index in [0.29, 0.717) is 17.8 Å². The fourth-order valence-corrected chi connectivity index (χ4v) is 3.18. The molecule has 1 heterocycles. The number of benzene rings is 2. The van der Waals surface area contributed by atoms with E-state index in [2.05, 4.69) is 24.4 Å². The maximum absolute atomic E-state index is 13.0. The van der Waals surface area contributed by atoms with Crippen LogP contribution in [-0.2, 0) is 6.42 Å². The van der Waals surface area contributed by atoms with Crippen LogP contribution in [0.3, 0.4) is 0 Å². The van der Waals surface area contributed by atoms with Crippen LogP contribution < -0.4 is 5.32 Å². The van der Waals surface area contributed by atoms with Gasteiger partial charge < -0.3 is 15.1 Å². The molecule has 1 atom stereocenters. The monoisotopic (exact) mass is 337 g/mol. The number of carbonyl (C=O) groups is 2. The van der Waals surface area contributed by atoms with Crippen LogP contribution in [0.25, 0.3) is 0 Å². The summed E-state index contributed by atoms with van der Waals surface area (Å²) < 4.78 is 0. The Kier molecular flexibility index (Phi) is 4.74. The predicted octanol–water partition coefficient (Wildman–Crippen LogP) is 3.54. The Morgan fingerprint density at radius 2 is 1.88 bits per heavy atom. The van der Waals surface area contributed by atoms with Crippen LogP contribution in [0, 0.1) is 0 Å². The molecule has 3 amide bonds. The number of rotatable bonds is 2. The lowest BCUT2D eigenvalue weighted by Crippen LogP contribution is -2.38. The van der Waals surface area contributed by atoms with Gasteiger partial charge in [-0.05, 0) is 42.7 Å². The van der Waals surface area contributed by atoms with Crippen molar-refractivity contribution in [3.05, 3.63) is 65.2 Å². The average Bonchev–Trinajstić information content (AvgIpc) is 2.62. The molecule has 0 fully saturated rings. The van der Waals surface area contributed by atoms with Crippen LogP contribution in [-0.4, -0.2) is 42.4 Å². The maximum atomic E-state index is 13.0. The lowest BCUT2D eigenvalue weighted by molar-refractivity contribution is 0.0677. The second kappa shape index (κ2) is 6.97. The highest BCUT2D eigenvalue weighted by atomic mass is 16.2. The van der Waals surface area contributed by atoms with Crippen LogP contribution >= 0.6 is 0 Å². The first-order chi connectivity index (χ1) is 12.0. The van der Waals surface area contributed by atoms with Gasteiger partial charge >= 0.3 is 6.03 Å². The van der Waals surface area contributed by atoms with E-state index in [1.807, 2.05) is 17.0 Å². The average molecular weight is 337 g/mol. The number of hydrogen-bond donors (Lipinski definition) is 1. The van der Waals surface area contributed by atoms with E-state index in [1.165, 1.54) is 16.0 Å². The molecular weight excluding hydrogens is 314 g/mol. The fraction of sp³-hybridized carbons (Fsp3) is 0.300. The molecule has 0 saturated heterocycles. The zero-order valence-electron chi connectivity index (χ0n) is 14.8. The summed E-state index contributed by atoms with van der Waals surface area (Å²) in [5, 5.41) is 2.78.